The normalized spacial score (nSPS) is 19.8. The van der Waals surface area contributed by atoms with Crippen LogP contribution in [0.15, 0.2) is 0 Å². The Labute approximate surface area is 115 Å². The molecule has 20 heavy (non-hydrogen) atoms. The van der Waals surface area contributed by atoms with Gasteiger partial charge in [-0.1, -0.05) is 0 Å². The number of nitrogens with one attached hydrogen (secondary N) is 1. The number of nitriles is 1. The Bertz CT molecular complexity index is 433. The minimum absolute atomic E-state index is 0.0739. The molecule has 1 aliphatic rings. The number of amides is 3. The molecule has 1 rings (SSSR count). The Balaban J connectivity index is 2.55. The Hall–Kier alpha value is -2.34. The number of carboxylic acids is 1. The second kappa shape index (κ2) is 7.30. The summed E-state index contributed by atoms with van der Waals surface area (Å²) in [6.45, 7) is 0.557. The van der Waals surface area contributed by atoms with Crippen LogP contribution >= 0.6 is 0 Å². The Morgan fingerprint density at radius 1 is 1.55 bits per heavy atom. The fraction of sp³-hybridized carbons (Fsp3) is 0.636. The lowest BCUT2D eigenvalue weighted by atomic mass is 10.1. The van der Waals surface area contributed by atoms with E-state index in [9.17, 15) is 14.4 Å². The second-order valence-electron chi connectivity index (χ2n) is 4.28. The van der Waals surface area contributed by atoms with Crippen molar-refractivity contribution in [1.29, 1.82) is 5.26 Å². The fourth-order valence-electron chi connectivity index (χ4n) is 1.70. The molecule has 110 valence electrons. The number of carboxylic acid groups (broad SMARTS) is 1. The molecule has 1 fully saturated rings. The van der Waals surface area contributed by atoms with Crippen LogP contribution in [0.25, 0.3) is 0 Å². The number of hydrogen-bond acceptors (Lipinski definition) is 5. The van der Waals surface area contributed by atoms with Gasteiger partial charge in [-0.25, -0.2) is 9.59 Å². The Morgan fingerprint density at radius 3 is 2.80 bits per heavy atom. The van der Waals surface area contributed by atoms with E-state index in [0.29, 0.717) is 0 Å². The summed E-state index contributed by atoms with van der Waals surface area (Å²) in [6, 6.07) is 0.0815. The summed E-state index contributed by atoms with van der Waals surface area (Å²) >= 11 is 0. The maximum Gasteiger partial charge on any atom is 0.326 e. The third-order valence-corrected chi connectivity index (χ3v) is 2.77. The highest BCUT2D eigenvalue weighted by Gasteiger charge is 2.27. The monoisotopic (exact) mass is 284 g/mol. The number of ether oxygens (including phenoxy) is 1. The molecule has 1 saturated heterocycles. The predicted molar refractivity (Wildman–Crippen MR) is 65.3 cm³/mol. The number of carbonyl (C=O) groups is 3. The largest absolute Gasteiger partial charge is 0.480 e. The molecule has 0 aliphatic carbocycles. The van der Waals surface area contributed by atoms with Crippen LogP contribution in [0.5, 0.6) is 0 Å². The highest BCUT2D eigenvalue weighted by atomic mass is 16.5. The number of morpholine rings is 1. The molecule has 0 aromatic carbocycles. The number of urea groups is 1. The summed E-state index contributed by atoms with van der Waals surface area (Å²) in [5.74, 6) is -1.88. The molecule has 3 amide bonds. The fourth-order valence-corrected chi connectivity index (χ4v) is 1.70. The number of nitrogens with zero attached hydrogens (tertiary/aromatic N) is 2. The van der Waals surface area contributed by atoms with Crippen molar-refractivity contribution in [3.8, 4) is 6.07 Å². The third-order valence-electron chi connectivity index (χ3n) is 2.77. The second-order valence-corrected chi connectivity index (χ2v) is 4.28. The number of nitrogens with two attached hydrogens (primary N) is 1. The first-order valence-electron chi connectivity index (χ1n) is 6.01. The van der Waals surface area contributed by atoms with Crippen LogP contribution in [0.2, 0.25) is 0 Å². The molecule has 1 aliphatic heterocycles. The molecule has 2 atom stereocenters. The molecule has 9 nitrogen and oxygen atoms in total. The van der Waals surface area contributed by atoms with Crippen molar-refractivity contribution >= 4 is 17.9 Å². The molecule has 0 bridgehead atoms. The van der Waals surface area contributed by atoms with Crippen LogP contribution < -0.4 is 11.1 Å². The lowest BCUT2D eigenvalue weighted by Crippen LogP contribution is -2.53. The SMILES string of the molecule is N#CC1CN(C(=O)N[C@@H](CCC(N)=O)C(=O)O)CCO1. The minimum atomic E-state index is -1.25. The Morgan fingerprint density at radius 2 is 2.25 bits per heavy atom. The van der Waals surface area contributed by atoms with Gasteiger partial charge in [0.1, 0.15) is 6.04 Å². The zero-order valence-electron chi connectivity index (χ0n) is 10.7. The van der Waals surface area contributed by atoms with E-state index in [1.807, 2.05) is 6.07 Å². The summed E-state index contributed by atoms with van der Waals surface area (Å²) in [4.78, 5) is 34.8. The summed E-state index contributed by atoms with van der Waals surface area (Å²) in [7, 11) is 0. The molecular weight excluding hydrogens is 268 g/mol. The quantitative estimate of drug-likeness (QED) is 0.568. The molecular formula is C11H16N4O5. The van der Waals surface area contributed by atoms with Crippen molar-refractivity contribution in [3.05, 3.63) is 0 Å². The molecule has 4 N–H and O–H groups in total. The van der Waals surface area contributed by atoms with Crippen molar-refractivity contribution in [2.75, 3.05) is 19.7 Å². The van der Waals surface area contributed by atoms with E-state index < -0.39 is 30.1 Å². The van der Waals surface area contributed by atoms with Gasteiger partial charge in [0.25, 0.3) is 0 Å². The van der Waals surface area contributed by atoms with Gasteiger partial charge in [-0.05, 0) is 6.42 Å². The van der Waals surface area contributed by atoms with Crippen molar-refractivity contribution in [1.82, 2.24) is 10.2 Å². The summed E-state index contributed by atoms with van der Waals surface area (Å²) in [5, 5.41) is 20.0. The van der Waals surface area contributed by atoms with Crippen LogP contribution in [0, 0.1) is 11.3 Å². The summed E-state index contributed by atoms with van der Waals surface area (Å²) in [5.41, 5.74) is 4.94. The maximum absolute atomic E-state index is 11.9. The number of primary amides is 1. The predicted octanol–water partition coefficient (Wildman–Crippen LogP) is -1.36. The Kier molecular flexibility index (Phi) is 5.74. The highest BCUT2D eigenvalue weighted by Crippen LogP contribution is 2.06. The van der Waals surface area contributed by atoms with Crippen LogP contribution in [0.4, 0.5) is 4.79 Å². The van der Waals surface area contributed by atoms with Gasteiger partial charge >= 0.3 is 12.0 Å². The standard InChI is InChI=1S/C11H16N4O5/c12-5-7-6-15(3-4-20-7)11(19)14-8(10(17)18)1-2-9(13)16/h7-8H,1-4,6H2,(H2,13,16)(H,14,19)(H,17,18)/t7?,8-/m0/s1. The van der Waals surface area contributed by atoms with E-state index in [1.54, 1.807) is 0 Å². The lowest BCUT2D eigenvalue weighted by molar-refractivity contribution is -0.139. The number of rotatable bonds is 5. The molecule has 0 saturated carbocycles. The first kappa shape index (κ1) is 15.7. The van der Waals surface area contributed by atoms with Crippen LogP contribution in [0.3, 0.4) is 0 Å². The molecule has 9 heteroatoms. The van der Waals surface area contributed by atoms with Crippen molar-refractivity contribution < 1.29 is 24.2 Å². The molecule has 0 aromatic heterocycles. The third kappa shape index (κ3) is 4.74. The van der Waals surface area contributed by atoms with Crippen LogP contribution in [-0.2, 0) is 14.3 Å². The maximum atomic E-state index is 11.9. The topological polar surface area (TPSA) is 146 Å². The van der Waals surface area contributed by atoms with Crippen molar-refractivity contribution in [3.63, 3.8) is 0 Å². The van der Waals surface area contributed by atoms with Gasteiger partial charge in [0.2, 0.25) is 5.91 Å². The molecule has 0 spiro atoms. The number of aliphatic carboxylic acids is 1. The average molecular weight is 284 g/mol. The van der Waals surface area contributed by atoms with Crippen molar-refractivity contribution in [2.24, 2.45) is 5.73 Å². The summed E-state index contributed by atoms with van der Waals surface area (Å²) < 4.78 is 5.08. The lowest BCUT2D eigenvalue weighted by Gasteiger charge is -2.30. The van der Waals surface area contributed by atoms with E-state index >= 15 is 0 Å². The molecule has 1 heterocycles. The molecule has 1 unspecified atom stereocenters. The van der Waals surface area contributed by atoms with Gasteiger partial charge in [0, 0.05) is 13.0 Å². The van der Waals surface area contributed by atoms with E-state index in [2.05, 4.69) is 5.32 Å². The van der Waals surface area contributed by atoms with E-state index in [0.717, 1.165) is 0 Å². The highest BCUT2D eigenvalue weighted by molar-refractivity contribution is 5.83. The first-order chi connectivity index (χ1) is 9.43. The smallest absolute Gasteiger partial charge is 0.326 e. The van der Waals surface area contributed by atoms with Crippen LogP contribution in [-0.4, -0.2) is 59.8 Å². The van der Waals surface area contributed by atoms with E-state index in [-0.39, 0.29) is 32.5 Å². The van der Waals surface area contributed by atoms with Gasteiger partial charge in [-0.2, -0.15) is 5.26 Å². The zero-order chi connectivity index (χ0) is 15.1. The van der Waals surface area contributed by atoms with Crippen molar-refractivity contribution in [2.45, 2.75) is 25.0 Å². The van der Waals surface area contributed by atoms with Gasteiger partial charge in [0.05, 0.1) is 19.2 Å². The van der Waals surface area contributed by atoms with E-state index in [4.69, 9.17) is 20.8 Å². The first-order valence-corrected chi connectivity index (χ1v) is 6.01. The number of hydrogen-bond donors (Lipinski definition) is 3. The van der Waals surface area contributed by atoms with Gasteiger partial charge in [0.15, 0.2) is 6.10 Å². The zero-order valence-corrected chi connectivity index (χ0v) is 10.7. The van der Waals surface area contributed by atoms with E-state index in [1.165, 1.54) is 4.90 Å². The average Bonchev–Trinajstić information content (AvgIpc) is 2.42. The summed E-state index contributed by atoms with van der Waals surface area (Å²) in [6.07, 6.45) is -0.938. The molecule has 0 aromatic rings. The van der Waals surface area contributed by atoms with Gasteiger partial charge < -0.3 is 25.8 Å². The van der Waals surface area contributed by atoms with Gasteiger partial charge in [-0.3, -0.25) is 4.79 Å². The van der Waals surface area contributed by atoms with Gasteiger partial charge in [-0.15, -0.1) is 0 Å². The molecule has 0 radical (unpaired) electrons. The van der Waals surface area contributed by atoms with Crippen LogP contribution in [0.1, 0.15) is 12.8 Å². The number of carbonyl (C=O) groups excluding carboxylic acids is 2. The minimum Gasteiger partial charge on any atom is -0.480 e.